The third-order valence-electron chi connectivity index (χ3n) is 4.04. The fourth-order valence-corrected chi connectivity index (χ4v) is 2.52. The van der Waals surface area contributed by atoms with E-state index in [1.807, 2.05) is 12.1 Å². The number of morpholine rings is 1. The van der Waals surface area contributed by atoms with Crippen LogP contribution in [0.3, 0.4) is 0 Å². The molecular formula is C18H33IN4O2. The summed E-state index contributed by atoms with van der Waals surface area (Å²) >= 11 is 0. The first-order valence-corrected chi connectivity index (χ1v) is 9.08. The molecular weight excluding hydrogens is 431 g/mol. The first kappa shape index (κ1) is 22.2. The molecule has 1 aromatic rings. The summed E-state index contributed by atoms with van der Waals surface area (Å²) in [6, 6.07) is 3.93. The number of nitrogens with zero attached hydrogens (tertiary/aromatic N) is 2. The van der Waals surface area contributed by atoms with Crippen LogP contribution in [0.25, 0.3) is 0 Å². The lowest BCUT2D eigenvalue weighted by molar-refractivity contribution is 0.0389. The van der Waals surface area contributed by atoms with Crippen molar-refractivity contribution in [2.75, 3.05) is 52.5 Å². The summed E-state index contributed by atoms with van der Waals surface area (Å²) in [7, 11) is 0. The third kappa shape index (κ3) is 10.1. The van der Waals surface area contributed by atoms with Gasteiger partial charge in [-0.15, -0.1) is 24.0 Å². The van der Waals surface area contributed by atoms with Gasteiger partial charge < -0.3 is 19.8 Å². The molecule has 2 rings (SSSR count). The summed E-state index contributed by atoms with van der Waals surface area (Å²) in [6.07, 6.45) is 3.68. The molecule has 0 unspecified atom stereocenters. The van der Waals surface area contributed by atoms with E-state index < -0.39 is 0 Å². The zero-order chi connectivity index (χ0) is 17.0. The molecule has 1 aliphatic heterocycles. The Hall–Kier alpha value is -0.800. The van der Waals surface area contributed by atoms with Gasteiger partial charge >= 0.3 is 0 Å². The Bertz CT molecular complexity index is 460. The summed E-state index contributed by atoms with van der Waals surface area (Å²) in [5.41, 5.74) is 0. The Balaban J connectivity index is 0.00000312. The molecule has 0 bridgehead atoms. The van der Waals surface area contributed by atoms with Gasteiger partial charge in [0.05, 0.1) is 19.5 Å². The van der Waals surface area contributed by atoms with Crippen LogP contribution in [-0.4, -0.2) is 63.3 Å². The number of hydrogen-bond donors (Lipinski definition) is 2. The molecule has 7 heteroatoms. The molecule has 1 fully saturated rings. The van der Waals surface area contributed by atoms with Gasteiger partial charge in [0.15, 0.2) is 5.96 Å². The number of guanidine groups is 1. The first-order chi connectivity index (χ1) is 11.7. The molecule has 1 aromatic heterocycles. The van der Waals surface area contributed by atoms with E-state index in [1.54, 1.807) is 6.26 Å². The number of halogens is 1. The minimum Gasteiger partial charge on any atom is -0.469 e. The summed E-state index contributed by atoms with van der Waals surface area (Å²) < 4.78 is 10.8. The van der Waals surface area contributed by atoms with Gasteiger partial charge in [0.25, 0.3) is 0 Å². The SMILES string of the molecule is CC(C)CCN=C(NCCc1ccco1)NCCN1CCOCC1.I. The predicted octanol–water partition coefficient (Wildman–Crippen LogP) is 2.35. The molecule has 1 saturated heterocycles. The fraction of sp³-hybridized carbons (Fsp3) is 0.722. The predicted molar refractivity (Wildman–Crippen MR) is 113 cm³/mol. The maximum Gasteiger partial charge on any atom is 0.191 e. The van der Waals surface area contributed by atoms with Crippen LogP contribution in [-0.2, 0) is 11.2 Å². The van der Waals surface area contributed by atoms with E-state index in [-0.39, 0.29) is 24.0 Å². The van der Waals surface area contributed by atoms with Gasteiger partial charge in [0, 0.05) is 45.7 Å². The van der Waals surface area contributed by atoms with Crippen molar-refractivity contribution in [1.29, 1.82) is 0 Å². The van der Waals surface area contributed by atoms with E-state index in [0.29, 0.717) is 5.92 Å². The number of hydrogen-bond acceptors (Lipinski definition) is 4. The molecule has 6 nitrogen and oxygen atoms in total. The Morgan fingerprint density at radius 1 is 1.24 bits per heavy atom. The van der Waals surface area contributed by atoms with Crippen LogP contribution < -0.4 is 10.6 Å². The number of aliphatic imine (C=N–C) groups is 1. The topological polar surface area (TPSA) is 62.0 Å². The molecule has 0 aliphatic carbocycles. The zero-order valence-electron chi connectivity index (χ0n) is 15.5. The third-order valence-corrected chi connectivity index (χ3v) is 4.04. The molecule has 2 N–H and O–H groups in total. The number of furan rings is 1. The lowest BCUT2D eigenvalue weighted by atomic mass is 10.1. The van der Waals surface area contributed by atoms with Gasteiger partial charge in [-0.2, -0.15) is 0 Å². The van der Waals surface area contributed by atoms with E-state index in [2.05, 4.69) is 34.4 Å². The van der Waals surface area contributed by atoms with Gasteiger partial charge in [-0.3, -0.25) is 9.89 Å². The normalized spacial score (nSPS) is 15.9. The van der Waals surface area contributed by atoms with Gasteiger partial charge in [0.2, 0.25) is 0 Å². The Kier molecular flexibility index (Phi) is 11.9. The van der Waals surface area contributed by atoms with Crippen molar-refractivity contribution in [1.82, 2.24) is 15.5 Å². The average Bonchev–Trinajstić information content (AvgIpc) is 3.08. The first-order valence-electron chi connectivity index (χ1n) is 9.08. The van der Waals surface area contributed by atoms with Crippen LogP contribution in [0.1, 0.15) is 26.0 Å². The van der Waals surface area contributed by atoms with Crippen molar-refractivity contribution < 1.29 is 9.15 Å². The highest BCUT2D eigenvalue weighted by Gasteiger charge is 2.09. The fourth-order valence-electron chi connectivity index (χ4n) is 2.52. The monoisotopic (exact) mass is 464 g/mol. The number of ether oxygens (including phenoxy) is 1. The molecule has 1 aliphatic rings. The van der Waals surface area contributed by atoms with Gasteiger partial charge in [0.1, 0.15) is 5.76 Å². The second-order valence-corrected chi connectivity index (χ2v) is 6.55. The molecule has 2 heterocycles. The molecule has 144 valence electrons. The van der Waals surface area contributed by atoms with Crippen LogP contribution in [0.5, 0.6) is 0 Å². The Labute approximate surface area is 168 Å². The van der Waals surface area contributed by atoms with E-state index in [1.165, 1.54) is 0 Å². The van der Waals surface area contributed by atoms with Gasteiger partial charge in [-0.1, -0.05) is 13.8 Å². The van der Waals surface area contributed by atoms with E-state index in [4.69, 9.17) is 9.15 Å². The highest BCUT2D eigenvalue weighted by Crippen LogP contribution is 2.00. The van der Waals surface area contributed by atoms with Crippen LogP contribution in [0.4, 0.5) is 0 Å². The maximum absolute atomic E-state index is 5.38. The minimum absolute atomic E-state index is 0. The van der Waals surface area contributed by atoms with Crippen molar-refractivity contribution in [3.8, 4) is 0 Å². The van der Waals surface area contributed by atoms with Crippen molar-refractivity contribution >= 4 is 29.9 Å². The molecule has 0 spiro atoms. The average molecular weight is 464 g/mol. The molecule has 0 radical (unpaired) electrons. The number of nitrogens with one attached hydrogen (secondary N) is 2. The summed E-state index contributed by atoms with van der Waals surface area (Å²) in [6.45, 7) is 11.8. The molecule has 0 saturated carbocycles. The Morgan fingerprint density at radius 3 is 2.68 bits per heavy atom. The van der Waals surface area contributed by atoms with E-state index in [9.17, 15) is 0 Å². The molecule has 0 aromatic carbocycles. The molecule has 0 amide bonds. The van der Waals surface area contributed by atoms with Crippen LogP contribution in [0.15, 0.2) is 27.8 Å². The minimum atomic E-state index is 0. The second-order valence-electron chi connectivity index (χ2n) is 6.55. The largest absolute Gasteiger partial charge is 0.469 e. The zero-order valence-corrected chi connectivity index (χ0v) is 17.8. The van der Waals surface area contributed by atoms with E-state index >= 15 is 0 Å². The molecule has 25 heavy (non-hydrogen) atoms. The highest BCUT2D eigenvalue weighted by atomic mass is 127. The van der Waals surface area contributed by atoms with Crippen LogP contribution in [0, 0.1) is 5.92 Å². The lowest BCUT2D eigenvalue weighted by Gasteiger charge is -2.26. The summed E-state index contributed by atoms with van der Waals surface area (Å²) in [5, 5.41) is 6.85. The standard InChI is InChI=1S/C18H32N4O2.HI/c1-16(2)5-7-19-18(20-8-6-17-4-3-13-24-17)21-9-10-22-11-14-23-15-12-22;/h3-4,13,16H,5-12,14-15H2,1-2H3,(H2,19,20,21);1H. The second kappa shape index (κ2) is 13.4. The summed E-state index contributed by atoms with van der Waals surface area (Å²) in [5.74, 6) is 2.57. The van der Waals surface area contributed by atoms with Gasteiger partial charge in [-0.25, -0.2) is 0 Å². The Morgan fingerprint density at radius 2 is 2.00 bits per heavy atom. The lowest BCUT2D eigenvalue weighted by Crippen LogP contribution is -2.44. The van der Waals surface area contributed by atoms with Crippen molar-refractivity contribution in [3.63, 3.8) is 0 Å². The number of rotatable bonds is 9. The summed E-state index contributed by atoms with van der Waals surface area (Å²) in [4.78, 5) is 7.11. The maximum atomic E-state index is 5.38. The molecule has 0 atom stereocenters. The van der Waals surface area contributed by atoms with Crippen LogP contribution >= 0.6 is 24.0 Å². The van der Waals surface area contributed by atoms with E-state index in [0.717, 1.165) is 77.0 Å². The van der Waals surface area contributed by atoms with Crippen molar-refractivity contribution in [3.05, 3.63) is 24.2 Å². The van der Waals surface area contributed by atoms with Crippen molar-refractivity contribution in [2.24, 2.45) is 10.9 Å². The quantitative estimate of drug-likeness (QED) is 0.334. The van der Waals surface area contributed by atoms with Crippen LogP contribution in [0.2, 0.25) is 0 Å². The van der Waals surface area contributed by atoms with Crippen molar-refractivity contribution in [2.45, 2.75) is 26.7 Å². The smallest absolute Gasteiger partial charge is 0.191 e. The van der Waals surface area contributed by atoms with Gasteiger partial charge in [-0.05, 0) is 24.5 Å². The highest BCUT2D eigenvalue weighted by molar-refractivity contribution is 14.0.